The number of carbonyl (C=O) groups excluding carboxylic acids is 2. The first kappa shape index (κ1) is 57.9. The number of benzene rings is 8. The molecule has 8 aromatic carbocycles. The predicted molar refractivity (Wildman–Crippen MR) is 284 cm³/mol. The molecule has 0 heterocycles. The Labute approximate surface area is 481 Å². The third-order valence-corrected chi connectivity index (χ3v) is 13.5. The van der Waals surface area contributed by atoms with Crippen molar-refractivity contribution in [3.63, 3.8) is 0 Å². The zero-order chi connectivity index (χ0) is 53.5. The molecule has 0 saturated heterocycles. The second-order valence-electron chi connectivity index (χ2n) is 16.0. The molecule has 0 aliphatic rings. The summed E-state index contributed by atoms with van der Waals surface area (Å²) in [6.45, 7) is 7.97. The number of amides is 2. The first-order valence-electron chi connectivity index (χ1n) is 22.1. The minimum absolute atomic E-state index is 0. The summed E-state index contributed by atoms with van der Waals surface area (Å²) in [6, 6.07) is 35.0. The largest absolute Gasteiger partial charge is 2.00 e. The van der Waals surface area contributed by atoms with Crippen LogP contribution >= 0.6 is 23.2 Å². The van der Waals surface area contributed by atoms with Crippen molar-refractivity contribution < 1.29 is 55.2 Å². The van der Waals surface area contributed by atoms with Crippen molar-refractivity contribution in [2.75, 3.05) is 23.8 Å². The number of rotatable bonds is 14. The number of carbonyl (C=O) groups is 2. The molecule has 0 unspecified atom stereocenters. The van der Waals surface area contributed by atoms with Gasteiger partial charge in [0.15, 0.2) is 5.75 Å². The fourth-order valence-electron chi connectivity index (χ4n) is 7.27. The molecule has 0 spiro atoms. The predicted octanol–water partition coefficient (Wildman–Crippen LogP) is 12.3. The van der Waals surface area contributed by atoms with E-state index in [-0.39, 0.29) is 92.8 Å². The van der Waals surface area contributed by atoms with Crippen molar-refractivity contribution in [2.45, 2.75) is 37.5 Å². The minimum Gasteiger partial charge on any atom is -0.870 e. The third kappa shape index (κ3) is 14.1. The molecular weight excluding hydrogens is 1170 g/mol. The van der Waals surface area contributed by atoms with Gasteiger partial charge < -0.3 is 34.9 Å². The molecule has 380 valence electrons. The molecule has 0 atom stereocenters. The van der Waals surface area contributed by atoms with Crippen molar-refractivity contribution in [2.24, 2.45) is 20.5 Å². The van der Waals surface area contributed by atoms with Crippen LogP contribution in [0.15, 0.2) is 164 Å². The SMILES string of the molecule is CCOc1ccc(NC(=O)c2cc3ccccc3c(N=Nc3cc(S(=O)(=O)O)c(Cl)cc3C)c2O)cc1.CCOc1ccc(NC(=O)c2cc3ccccc3c(N=Nc3cc(S(=O)(=O)[O-])c(Cl)cc3C)c2[O-])cc1.[Ba+2]. The molecule has 4 N–H and O–H groups in total. The minimum atomic E-state index is -4.86. The van der Waals surface area contributed by atoms with Crippen molar-refractivity contribution in [3.8, 4) is 23.0 Å². The van der Waals surface area contributed by atoms with Crippen LogP contribution in [0, 0.1) is 13.8 Å². The number of halogens is 2. The van der Waals surface area contributed by atoms with Crippen LogP contribution in [0.25, 0.3) is 21.5 Å². The second-order valence-corrected chi connectivity index (χ2v) is 19.5. The topological polar surface area (TPSA) is 281 Å². The van der Waals surface area contributed by atoms with Crippen LogP contribution in [0.4, 0.5) is 34.1 Å². The third-order valence-electron chi connectivity index (χ3n) is 10.9. The van der Waals surface area contributed by atoms with Gasteiger partial charge in [-0.05, 0) is 135 Å². The van der Waals surface area contributed by atoms with E-state index in [1.54, 1.807) is 111 Å². The van der Waals surface area contributed by atoms with Crippen LogP contribution in [0.2, 0.25) is 10.0 Å². The number of phenolic OH excluding ortho intramolecular Hbond substituents is 1. The number of ether oxygens (including phenoxy) is 2. The Balaban J connectivity index is 0.000000241. The maximum Gasteiger partial charge on any atom is 2.00 e. The van der Waals surface area contributed by atoms with Gasteiger partial charge in [-0.2, -0.15) is 23.8 Å². The normalized spacial score (nSPS) is 11.5. The Bertz CT molecular complexity index is 3530. The summed E-state index contributed by atoms with van der Waals surface area (Å²) in [7, 11) is -9.45. The van der Waals surface area contributed by atoms with Crippen LogP contribution in [-0.4, -0.2) is 105 Å². The first-order chi connectivity index (χ1) is 35.2. The number of hydrogen-bond donors (Lipinski definition) is 4. The summed E-state index contributed by atoms with van der Waals surface area (Å²) >= 11 is 11.9. The van der Waals surface area contributed by atoms with Crippen molar-refractivity contribution in [1.29, 1.82) is 0 Å². The maximum atomic E-state index is 13.3. The van der Waals surface area contributed by atoms with Gasteiger partial charge in [-0.1, -0.05) is 77.5 Å². The van der Waals surface area contributed by atoms with Crippen LogP contribution in [0.5, 0.6) is 23.0 Å². The van der Waals surface area contributed by atoms with E-state index >= 15 is 0 Å². The number of fused-ring (bicyclic) bond motifs is 2. The Hall–Kier alpha value is -6.41. The molecule has 0 radical (unpaired) electrons. The summed E-state index contributed by atoms with van der Waals surface area (Å²) < 4.78 is 78.1. The monoisotopic (exact) mass is 1210 g/mol. The number of hydrogen-bond acceptors (Lipinski definition) is 15. The summed E-state index contributed by atoms with van der Waals surface area (Å²) in [5.74, 6) is -0.990. The second kappa shape index (κ2) is 25.0. The zero-order valence-corrected chi connectivity index (χ0v) is 47.7. The fraction of sp³-hybridized carbons (Fsp3) is 0.115. The van der Waals surface area contributed by atoms with Crippen molar-refractivity contribution >= 4 is 160 Å². The van der Waals surface area contributed by atoms with Gasteiger partial charge >= 0.3 is 48.9 Å². The summed E-state index contributed by atoms with van der Waals surface area (Å²) in [4.78, 5) is 24.9. The van der Waals surface area contributed by atoms with Crippen molar-refractivity contribution in [1.82, 2.24) is 0 Å². The molecule has 0 aliphatic carbocycles. The van der Waals surface area contributed by atoms with E-state index in [1.807, 2.05) is 13.8 Å². The van der Waals surface area contributed by atoms with E-state index in [0.717, 1.165) is 12.1 Å². The summed E-state index contributed by atoms with van der Waals surface area (Å²) in [5.41, 5.74) is 1.72. The number of phenols is 1. The van der Waals surface area contributed by atoms with Crippen LogP contribution in [-0.2, 0) is 20.2 Å². The summed E-state index contributed by atoms with van der Waals surface area (Å²) in [5, 5.41) is 47.9. The van der Waals surface area contributed by atoms with Crippen molar-refractivity contribution in [3.05, 3.63) is 166 Å². The van der Waals surface area contributed by atoms with Gasteiger partial charge in [0.05, 0.1) is 50.8 Å². The molecule has 75 heavy (non-hydrogen) atoms. The van der Waals surface area contributed by atoms with E-state index in [1.165, 1.54) is 24.3 Å². The van der Waals surface area contributed by atoms with E-state index in [0.29, 0.717) is 68.8 Å². The molecule has 0 saturated carbocycles. The molecule has 23 heteroatoms. The molecule has 2 amide bonds. The standard InChI is InChI=1S/2C26H22ClN3O6S.Ba/c2*1-3-36-18-10-8-17(9-11-18)28-26(32)20-13-16-6-4-5-7-19(16)24(25(20)31)30-29-22-14-23(37(33,34)35)21(27)12-15(22)2;/h2*4-14,31H,3H2,1-2H3,(H,28,32)(H,33,34,35);/q;;+2/p-2. The van der Waals surface area contributed by atoms with Gasteiger partial charge in [0.2, 0.25) is 0 Å². The quantitative estimate of drug-likeness (QED) is 0.0449. The average Bonchev–Trinajstić information content (AvgIpc) is 3.35. The Morgan fingerprint density at radius 1 is 0.600 bits per heavy atom. The molecule has 0 fully saturated rings. The van der Waals surface area contributed by atoms with E-state index in [2.05, 4.69) is 31.1 Å². The average molecular weight is 1220 g/mol. The Morgan fingerprint density at radius 3 is 1.48 bits per heavy atom. The smallest absolute Gasteiger partial charge is 0.870 e. The van der Waals surface area contributed by atoms with Crippen LogP contribution < -0.4 is 25.2 Å². The molecule has 18 nitrogen and oxygen atoms in total. The molecular formula is C52H42BaCl2N6O12S2. The number of anilines is 2. The number of nitrogens with one attached hydrogen (secondary N) is 2. The number of nitrogens with zero attached hydrogens (tertiary/aromatic N) is 4. The Kier molecular flexibility index (Phi) is 19.3. The molecule has 8 rings (SSSR count). The number of aryl methyl sites for hydroxylation is 2. The van der Waals surface area contributed by atoms with Crippen LogP contribution in [0.3, 0.4) is 0 Å². The molecule has 8 aromatic rings. The van der Waals surface area contributed by atoms with Gasteiger partial charge in [-0.3, -0.25) is 14.1 Å². The van der Waals surface area contributed by atoms with Gasteiger partial charge in [0, 0.05) is 27.7 Å². The van der Waals surface area contributed by atoms with Gasteiger partial charge in [-0.15, -0.1) is 5.11 Å². The number of aromatic hydroxyl groups is 1. The Morgan fingerprint density at radius 2 is 1.01 bits per heavy atom. The molecule has 0 bridgehead atoms. The first-order valence-corrected chi connectivity index (χ1v) is 25.7. The summed E-state index contributed by atoms with van der Waals surface area (Å²) in [6.07, 6.45) is 0. The van der Waals surface area contributed by atoms with Gasteiger partial charge in [0.25, 0.3) is 21.9 Å². The van der Waals surface area contributed by atoms with E-state index < -0.39 is 53.3 Å². The zero-order valence-electron chi connectivity index (χ0n) is 40.2. The van der Waals surface area contributed by atoms with Gasteiger partial charge in [0.1, 0.15) is 32.2 Å². The van der Waals surface area contributed by atoms with Crippen LogP contribution in [0.1, 0.15) is 45.7 Å². The van der Waals surface area contributed by atoms with E-state index in [4.69, 9.17) is 32.7 Å². The number of azo groups is 2. The maximum absolute atomic E-state index is 13.3. The molecule has 0 aromatic heterocycles. The fourth-order valence-corrected chi connectivity index (χ4v) is 9.40. The van der Waals surface area contributed by atoms with E-state index in [9.17, 15) is 45.7 Å². The van der Waals surface area contributed by atoms with Gasteiger partial charge in [-0.25, -0.2) is 8.42 Å². The molecule has 0 aliphatic heterocycles.